The first-order valence-electron chi connectivity index (χ1n) is 7.84. The number of piperazine rings is 1. The Bertz CT molecular complexity index is 703. The van der Waals surface area contributed by atoms with Gasteiger partial charge in [-0.15, -0.1) is 13.2 Å². The van der Waals surface area contributed by atoms with Crippen molar-refractivity contribution < 1.29 is 17.9 Å². The molecule has 8 heteroatoms. The van der Waals surface area contributed by atoms with Gasteiger partial charge < -0.3 is 10.1 Å². The molecule has 0 bridgehead atoms. The number of nitrogens with one attached hydrogen (secondary N) is 1. The fourth-order valence-electron chi connectivity index (χ4n) is 2.99. The minimum absolute atomic E-state index is 0.0543. The molecule has 2 aromatic rings. The van der Waals surface area contributed by atoms with E-state index in [9.17, 15) is 13.2 Å². The minimum atomic E-state index is -4.69. The van der Waals surface area contributed by atoms with Crippen LogP contribution in [0.3, 0.4) is 0 Å². The molecule has 1 fully saturated rings. The number of benzene rings is 1. The van der Waals surface area contributed by atoms with Crippen LogP contribution in [0.25, 0.3) is 0 Å². The van der Waals surface area contributed by atoms with Gasteiger partial charge >= 0.3 is 6.36 Å². The molecule has 0 saturated carbocycles. The molecule has 0 aliphatic carbocycles. The van der Waals surface area contributed by atoms with E-state index in [0.29, 0.717) is 0 Å². The lowest BCUT2D eigenvalue weighted by Crippen LogP contribution is -2.45. The van der Waals surface area contributed by atoms with Gasteiger partial charge in [-0.25, -0.2) is 4.98 Å². The smallest absolute Gasteiger partial charge is 0.406 e. The van der Waals surface area contributed by atoms with E-state index in [-0.39, 0.29) is 11.8 Å². The fourth-order valence-corrected chi connectivity index (χ4v) is 3.38. The summed E-state index contributed by atoms with van der Waals surface area (Å²) in [5.41, 5.74) is 1.95. The van der Waals surface area contributed by atoms with E-state index >= 15 is 0 Å². The highest BCUT2D eigenvalue weighted by Gasteiger charge is 2.31. The largest absolute Gasteiger partial charge is 0.573 e. The highest BCUT2D eigenvalue weighted by molar-refractivity contribution is 9.10. The van der Waals surface area contributed by atoms with Gasteiger partial charge in [-0.3, -0.25) is 4.90 Å². The third kappa shape index (κ3) is 4.93. The van der Waals surface area contributed by atoms with Crippen LogP contribution in [-0.2, 0) is 0 Å². The van der Waals surface area contributed by atoms with Crippen LogP contribution >= 0.6 is 15.9 Å². The fraction of sp³-hybridized carbons (Fsp3) is 0.353. The van der Waals surface area contributed by atoms with Crippen LogP contribution in [0, 0.1) is 0 Å². The molecule has 4 nitrogen and oxygen atoms in total. The standard InChI is InChI=1S/C17H17BrF3N3O/c18-15-11-13(5-6-23-15)16(24-9-7-22-8-10-24)12-1-3-14(4-2-12)25-17(19,20)21/h1-6,11,16,22H,7-10H2/t16-/m0/s1. The van der Waals surface area contributed by atoms with E-state index in [1.807, 2.05) is 12.1 Å². The molecule has 0 amide bonds. The molecule has 1 aromatic carbocycles. The number of nitrogens with zero attached hydrogens (tertiary/aromatic N) is 2. The van der Waals surface area contributed by atoms with Crippen molar-refractivity contribution in [1.82, 2.24) is 15.2 Å². The maximum absolute atomic E-state index is 12.4. The summed E-state index contributed by atoms with van der Waals surface area (Å²) in [6.45, 7) is 3.45. The Kier molecular flexibility index (Phi) is 5.61. The summed E-state index contributed by atoms with van der Waals surface area (Å²) >= 11 is 3.38. The van der Waals surface area contributed by atoms with Gasteiger partial charge in [-0.2, -0.15) is 0 Å². The van der Waals surface area contributed by atoms with Crippen molar-refractivity contribution in [3.63, 3.8) is 0 Å². The molecule has 1 atom stereocenters. The Labute approximate surface area is 152 Å². The van der Waals surface area contributed by atoms with Crippen molar-refractivity contribution in [2.45, 2.75) is 12.4 Å². The first-order valence-corrected chi connectivity index (χ1v) is 8.63. The number of alkyl halides is 3. The summed E-state index contributed by atoms with van der Waals surface area (Å²) < 4.78 is 41.7. The Morgan fingerprint density at radius 2 is 1.76 bits per heavy atom. The number of halogens is 4. The Hall–Kier alpha value is -1.64. The highest BCUT2D eigenvalue weighted by atomic mass is 79.9. The quantitative estimate of drug-likeness (QED) is 0.771. The second-order valence-electron chi connectivity index (χ2n) is 5.72. The van der Waals surface area contributed by atoms with E-state index < -0.39 is 6.36 Å². The second-order valence-corrected chi connectivity index (χ2v) is 6.53. The predicted molar refractivity (Wildman–Crippen MR) is 91.3 cm³/mol. The third-order valence-corrected chi connectivity index (χ3v) is 4.45. The van der Waals surface area contributed by atoms with Gasteiger partial charge in [0.1, 0.15) is 10.4 Å². The van der Waals surface area contributed by atoms with E-state index in [0.717, 1.165) is 41.9 Å². The van der Waals surface area contributed by atoms with Crippen molar-refractivity contribution in [2.75, 3.05) is 26.2 Å². The normalized spacial score (nSPS) is 17.3. The van der Waals surface area contributed by atoms with Crippen molar-refractivity contribution >= 4 is 15.9 Å². The van der Waals surface area contributed by atoms with Crippen LogP contribution in [0.4, 0.5) is 13.2 Å². The topological polar surface area (TPSA) is 37.4 Å². The molecule has 0 radical (unpaired) electrons. The first kappa shape index (κ1) is 18.2. The molecule has 0 unspecified atom stereocenters. The lowest BCUT2D eigenvalue weighted by molar-refractivity contribution is -0.274. The third-order valence-electron chi connectivity index (χ3n) is 4.01. The SMILES string of the molecule is FC(F)(F)Oc1ccc([C@@H](c2ccnc(Br)c2)N2CCNCC2)cc1. The number of ether oxygens (including phenoxy) is 1. The van der Waals surface area contributed by atoms with E-state index in [1.54, 1.807) is 18.3 Å². The number of rotatable bonds is 4. The second kappa shape index (κ2) is 7.72. The lowest BCUT2D eigenvalue weighted by atomic mass is 9.97. The maximum atomic E-state index is 12.4. The summed E-state index contributed by atoms with van der Waals surface area (Å²) in [7, 11) is 0. The molecule has 1 N–H and O–H groups in total. The van der Waals surface area contributed by atoms with Gasteiger partial charge in [0.05, 0.1) is 6.04 Å². The van der Waals surface area contributed by atoms with Crippen molar-refractivity contribution in [1.29, 1.82) is 0 Å². The predicted octanol–water partition coefficient (Wildman–Crippen LogP) is 3.74. The van der Waals surface area contributed by atoms with Crippen LogP contribution in [0.15, 0.2) is 47.2 Å². The number of aromatic nitrogens is 1. The zero-order chi connectivity index (χ0) is 17.9. The Balaban J connectivity index is 1.91. The van der Waals surface area contributed by atoms with E-state index in [2.05, 4.69) is 35.9 Å². The summed E-state index contributed by atoms with van der Waals surface area (Å²) in [4.78, 5) is 6.46. The number of pyridine rings is 1. The van der Waals surface area contributed by atoms with Crippen molar-refractivity contribution in [3.8, 4) is 5.75 Å². The van der Waals surface area contributed by atoms with Crippen molar-refractivity contribution in [3.05, 3.63) is 58.3 Å². The van der Waals surface area contributed by atoms with Gasteiger partial charge in [0, 0.05) is 32.4 Å². The van der Waals surface area contributed by atoms with Gasteiger partial charge in [-0.1, -0.05) is 12.1 Å². The molecule has 2 heterocycles. The average molecular weight is 416 g/mol. The summed E-state index contributed by atoms with van der Waals surface area (Å²) in [6, 6.07) is 9.89. The van der Waals surface area contributed by atoms with Gasteiger partial charge in [0.25, 0.3) is 0 Å². The maximum Gasteiger partial charge on any atom is 0.573 e. The molecule has 25 heavy (non-hydrogen) atoms. The van der Waals surface area contributed by atoms with Crippen LogP contribution in [-0.4, -0.2) is 42.4 Å². The highest BCUT2D eigenvalue weighted by Crippen LogP contribution is 2.32. The molecule has 1 saturated heterocycles. The average Bonchev–Trinajstić information content (AvgIpc) is 2.56. The van der Waals surface area contributed by atoms with Crippen LogP contribution in [0.1, 0.15) is 17.2 Å². The zero-order valence-corrected chi connectivity index (χ0v) is 14.8. The van der Waals surface area contributed by atoms with E-state index in [4.69, 9.17) is 0 Å². The lowest BCUT2D eigenvalue weighted by Gasteiger charge is -2.35. The molecule has 1 aromatic heterocycles. The monoisotopic (exact) mass is 415 g/mol. The molecule has 1 aliphatic rings. The van der Waals surface area contributed by atoms with Crippen molar-refractivity contribution in [2.24, 2.45) is 0 Å². The molecule has 134 valence electrons. The molecule has 1 aliphatic heterocycles. The van der Waals surface area contributed by atoms with Gasteiger partial charge in [0.15, 0.2) is 0 Å². The van der Waals surface area contributed by atoms with Crippen LogP contribution < -0.4 is 10.1 Å². The summed E-state index contributed by atoms with van der Waals surface area (Å²) in [6.07, 6.45) is -2.97. The number of hydrogen-bond acceptors (Lipinski definition) is 4. The minimum Gasteiger partial charge on any atom is -0.406 e. The van der Waals surface area contributed by atoms with Gasteiger partial charge in [0.2, 0.25) is 0 Å². The molecule has 3 rings (SSSR count). The summed E-state index contributed by atoms with van der Waals surface area (Å²) in [5.74, 6) is -0.216. The Morgan fingerprint density at radius 3 is 2.36 bits per heavy atom. The molecular weight excluding hydrogens is 399 g/mol. The van der Waals surface area contributed by atoms with Crippen LogP contribution in [0.2, 0.25) is 0 Å². The zero-order valence-electron chi connectivity index (χ0n) is 13.3. The first-order chi connectivity index (χ1) is 11.9. The molecule has 0 spiro atoms. The Morgan fingerprint density at radius 1 is 1.08 bits per heavy atom. The number of hydrogen-bond donors (Lipinski definition) is 1. The molecular formula is C17H17BrF3N3O. The van der Waals surface area contributed by atoms with E-state index in [1.165, 1.54) is 12.1 Å². The van der Waals surface area contributed by atoms with Gasteiger partial charge in [-0.05, 0) is 51.3 Å². The van der Waals surface area contributed by atoms with Crippen LogP contribution in [0.5, 0.6) is 5.75 Å². The summed E-state index contributed by atoms with van der Waals surface area (Å²) in [5, 5.41) is 3.31.